The predicted octanol–water partition coefficient (Wildman–Crippen LogP) is 2.92. The SMILES string of the molecule is O=C(O)[C@H]1CC[C@@H](C(=O)Nc2ccc(Cl)c(F)c2)C1. The summed E-state index contributed by atoms with van der Waals surface area (Å²) in [4.78, 5) is 22.7. The fourth-order valence-corrected chi connectivity index (χ4v) is 2.38. The number of carbonyl (C=O) groups is 2. The van der Waals surface area contributed by atoms with E-state index < -0.39 is 17.7 Å². The average molecular weight is 286 g/mol. The van der Waals surface area contributed by atoms with E-state index >= 15 is 0 Å². The molecule has 0 unspecified atom stereocenters. The maximum atomic E-state index is 13.2. The van der Waals surface area contributed by atoms with E-state index in [4.69, 9.17) is 16.7 Å². The van der Waals surface area contributed by atoms with E-state index in [-0.39, 0.29) is 16.8 Å². The number of hydrogen-bond donors (Lipinski definition) is 2. The summed E-state index contributed by atoms with van der Waals surface area (Å²) in [5.41, 5.74) is 0.325. The number of aliphatic carboxylic acids is 1. The molecule has 1 saturated carbocycles. The van der Waals surface area contributed by atoms with Crippen LogP contribution in [0.1, 0.15) is 19.3 Å². The van der Waals surface area contributed by atoms with Gasteiger partial charge in [-0.2, -0.15) is 0 Å². The maximum Gasteiger partial charge on any atom is 0.306 e. The van der Waals surface area contributed by atoms with Gasteiger partial charge < -0.3 is 10.4 Å². The van der Waals surface area contributed by atoms with Gasteiger partial charge in [0, 0.05) is 11.6 Å². The van der Waals surface area contributed by atoms with E-state index in [0.717, 1.165) is 6.07 Å². The molecule has 102 valence electrons. The highest BCUT2D eigenvalue weighted by Crippen LogP contribution is 2.32. The summed E-state index contributed by atoms with van der Waals surface area (Å²) in [6, 6.07) is 4.01. The van der Waals surface area contributed by atoms with Gasteiger partial charge in [-0.1, -0.05) is 11.6 Å². The van der Waals surface area contributed by atoms with Crippen molar-refractivity contribution in [2.24, 2.45) is 11.8 Å². The van der Waals surface area contributed by atoms with Gasteiger partial charge in [0.25, 0.3) is 0 Å². The normalized spacial score (nSPS) is 22.2. The molecule has 1 aromatic rings. The van der Waals surface area contributed by atoms with Crippen LogP contribution in [0.15, 0.2) is 18.2 Å². The van der Waals surface area contributed by atoms with Gasteiger partial charge in [0.1, 0.15) is 5.82 Å². The third-order valence-corrected chi connectivity index (χ3v) is 3.65. The number of amides is 1. The second-order valence-electron chi connectivity index (χ2n) is 4.66. The largest absolute Gasteiger partial charge is 0.481 e. The van der Waals surface area contributed by atoms with Crippen molar-refractivity contribution in [1.82, 2.24) is 0 Å². The van der Waals surface area contributed by atoms with Gasteiger partial charge in [-0.25, -0.2) is 4.39 Å². The van der Waals surface area contributed by atoms with Crippen molar-refractivity contribution in [3.63, 3.8) is 0 Å². The van der Waals surface area contributed by atoms with Gasteiger partial charge in [-0.05, 0) is 37.5 Å². The predicted molar refractivity (Wildman–Crippen MR) is 68.5 cm³/mol. The summed E-state index contributed by atoms with van der Waals surface area (Å²) in [6.45, 7) is 0. The third-order valence-electron chi connectivity index (χ3n) is 3.34. The van der Waals surface area contributed by atoms with Crippen LogP contribution in [0.5, 0.6) is 0 Å². The van der Waals surface area contributed by atoms with Gasteiger partial charge in [-0.3, -0.25) is 9.59 Å². The molecule has 0 bridgehead atoms. The Labute approximate surface area is 114 Å². The van der Waals surface area contributed by atoms with E-state index in [2.05, 4.69) is 5.32 Å². The van der Waals surface area contributed by atoms with Crippen LogP contribution < -0.4 is 5.32 Å². The molecular weight excluding hydrogens is 273 g/mol. The first kappa shape index (κ1) is 13.8. The summed E-state index contributed by atoms with van der Waals surface area (Å²) >= 11 is 5.55. The molecule has 0 aliphatic heterocycles. The van der Waals surface area contributed by atoms with Crippen LogP contribution in [-0.2, 0) is 9.59 Å². The Balaban J connectivity index is 1.98. The smallest absolute Gasteiger partial charge is 0.306 e. The third kappa shape index (κ3) is 3.23. The minimum absolute atomic E-state index is 0.00944. The molecule has 1 aliphatic carbocycles. The van der Waals surface area contributed by atoms with Crippen molar-refractivity contribution >= 4 is 29.2 Å². The Morgan fingerprint density at radius 2 is 2.00 bits per heavy atom. The standard InChI is InChI=1S/C13H13ClFNO3/c14-10-4-3-9(6-11(10)15)16-12(17)7-1-2-8(5-7)13(18)19/h3-4,6-8H,1-2,5H2,(H,16,17)(H,18,19)/t7-,8+/m1/s1. The maximum absolute atomic E-state index is 13.2. The Morgan fingerprint density at radius 3 is 2.58 bits per heavy atom. The van der Waals surface area contributed by atoms with Crippen molar-refractivity contribution in [1.29, 1.82) is 0 Å². The van der Waals surface area contributed by atoms with Crippen LogP contribution in [0.3, 0.4) is 0 Å². The first-order valence-electron chi connectivity index (χ1n) is 5.96. The summed E-state index contributed by atoms with van der Waals surface area (Å²) < 4.78 is 13.2. The minimum atomic E-state index is -0.868. The molecule has 4 nitrogen and oxygen atoms in total. The van der Waals surface area contributed by atoms with Crippen molar-refractivity contribution in [3.05, 3.63) is 29.0 Å². The molecule has 0 spiro atoms. The van der Waals surface area contributed by atoms with Gasteiger partial charge in [0.2, 0.25) is 5.91 Å². The molecule has 19 heavy (non-hydrogen) atoms. The van der Waals surface area contributed by atoms with E-state index in [1.54, 1.807) is 0 Å². The molecule has 6 heteroatoms. The van der Waals surface area contributed by atoms with Crippen LogP contribution in [0.25, 0.3) is 0 Å². The molecule has 0 radical (unpaired) electrons. The van der Waals surface area contributed by atoms with E-state index in [0.29, 0.717) is 24.9 Å². The molecule has 1 aromatic carbocycles. The molecular formula is C13H13ClFNO3. The van der Waals surface area contributed by atoms with E-state index in [1.165, 1.54) is 12.1 Å². The highest BCUT2D eigenvalue weighted by molar-refractivity contribution is 6.30. The van der Waals surface area contributed by atoms with Crippen molar-refractivity contribution in [3.8, 4) is 0 Å². The highest BCUT2D eigenvalue weighted by Gasteiger charge is 2.33. The molecule has 2 rings (SSSR count). The Bertz CT molecular complexity index is 521. The highest BCUT2D eigenvalue weighted by atomic mass is 35.5. The van der Waals surface area contributed by atoms with Crippen molar-refractivity contribution in [2.45, 2.75) is 19.3 Å². The lowest BCUT2D eigenvalue weighted by molar-refractivity contribution is -0.141. The topological polar surface area (TPSA) is 66.4 Å². The van der Waals surface area contributed by atoms with Crippen LogP contribution in [-0.4, -0.2) is 17.0 Å². The van der Waals surface area contributed by atoms with E-state index in [1.807, 2.05) is 0 Å². The number of halogens is 2. The number of anilines is 1. The first-order chi connectivity index (χ1) is 8.97. The molecule has 0 saturated heterocycles. The van der Waals surface area contributed by atoms with Crippen molar-refractivity contribution < 1.29 is 19.1 Å². The Morgan fingerprint density at radius 1 is 1.32 bits per heavy atom. The number of benzene rings is 1. The van der Waals surface area contributed by atoms with Crippen LogP contribution in [0.2, 0.25) is 5.02 Å². The second kappa shape index (κ2) is 5.57. The minimum Gasteiger partial charge on any atom is -0.481 e. The molecule has 1 fully saturated rings. The molecule has 0 aromatic heterocycles. The van der Waals surface area contributed by atoms with Crippen LogP contribution in [0.4, 0.5) is 10.1 Å². The zero-order chi connectivity index (χ0) is 14.0. The quantitative estimate of drug-likeness (QED) is 0.897. The van der Waals surface area contributed by atoms with E-state index in [9.17, 15) is 14.0 Å². The number of carbonyl (C=O) groups excluding carboxylic acids is 1. The summed E-state index contributed by atoms with van der Waals surface area (Å²) in [5.74, 6) is -2.54. The zero-order valence-corrected chi connectivity index (χ0v) is 10.8. The summed E-state index contributed by atoms with van der Waals surface area (Å²) in [5, 5.41) is 11.4. The fourth-order valence-electron chi connectivity index (χ4n) is 2.26. The zero-order valence-electron chi connectivity index (χ0n) is 10.0. The fraction of sp³-hybridized carbons (Fsp3) is 0.385. The lowest BCUT2D eigenvalue weighted by Gasteiger charge is -2.11. The molecule has 1 aliphatic rings. The second-order valence-corrected chi connectivity index (χ2v) is 5.07. The number of carboxylic acid groups (broad SMARTS) is 1. The number of carboxylic acids is 1. The molecule has 2 atom stereocenters. The molecule has 2 N–H and O–H groups in total. The molecule has 0 heterocycles. The monoisotopic (exact) mass is 285 g/mol. The molecule has 1 amide bonds. The Kier molecular flexibility index (Phi) is 4.04. The van der Waals surface area contributed by atoms with Gasteiger partial charge >= 0.3 is 5.97 Å². The number of hydrogen-bond acceptors (Lipinski definition) is 2. The van der Waals surface area contributed by atoms with Gasteiger partial charge in [0.15, 0.2) is 0 Å². The number of nitrogens with one attached hydrogen (secondary N) is 1. The first-order valence-corrected chi connectivity index (χ1v) is 6.34. The lowest BCUT2D eigenvalue weighted by Crippen LogP contribution is -2.21. The summed E-state index contributed by atoms with van der Waals surface area (Å²) in [7, 11) is 0. The number of rotatable bonds is 3. The van der Waals surface area contributed by atoms with Gasteiger partial charge in [0.05, 0.1) is 10.9 Å². The lowest BCUT2D eigenvalue weighted by atomic mass is 10.0. The van der Waals surface area contributed by atoms with Crippen LogP contribution >= 0.6 is 11.6 Å². The van der Waals surface area contributed by atoms with Gasteiger partial charge in [-0.15, -0.1) is 0 Å². The van der Waals surface area contributed by atoms with Crippen molar-refractivity contribution in [2.75, 3.05) is 5.32 Å². The average Bonchev–Trinajstić information content (AvgIpc) is 2.83. The summed E-state index contributed by atoms with van der Waals surface area (Å²) in [6.07, 6.45) is 1.37. The Hall–Kier alpha value is -1.62. The van der Waals surface area contributed by atoms with Crippen LogP contribution in [0, 0.1) is 17.7 Å².